The van der Waals surface area contributed by atoms with E-state index in [-0.39, 0.29) is 24.9 Å². The zero-order valence-corrected chi connectivity index (χ0v) is 23.8. The van der Waals surface area contributed by atoms with E-state index in [9.17, 15) is 10.2 Å². The summed E-state index contributed by atoms with van der Waals surface area (Å²) in [6.07, 6.45) is -0.809. The summed E-state index contributed by atoms with van der Waals surface area (Å²) in [7, 11) is 2.03. The molecule has 1 aliphatic rings. The summed E-state index contributed by atoms with van der Waals surface area (Å²) < 4.78 is 13.2. The minimum atomic E-state index is -0.611. The van der Waals surface area contributed by atoms with Crippen molar-refractivity contribution in [2.24, 2.45) is 5.73 Å². The highest BCUT2D eigenvalue weighted by Crippen LogP contribution is 2.39. The van der Waals surface area contributed by atoms with Crippen LogP contribution in [0.1, 0.15) is 59.7 Å². The molecule has 5 unspecified atom stereocenters. The summed E-state index contributed by atoms with van der Waals surface area (Å²) in [6.45, 7) is 3.17. The molecule has 1 saturated heterocycles. The van der Waals surface area contributed by atoms with Crippen molar-refractivity contribution in [3.63, 3.8) is 0 Å². The lowest BCUT2D eigenvalue weighted by molar-refractivity contribution is -0.253. The van der Waals surface area contributed by atoms with Gasteiger partial charge in [0.05, 0.1) is 24.9 Å². The number of likely N-dealkylation sites (N-methyl/N-ethyl adjacent to an activating group) is 1. The predicted molar refractivity (Wildman–Crippen MR) is 162 cm³/mol. The van der Waals surface area contributed by atoms with Gasteiger partial charge < -0.3 is 25.4 Å². The average Bonchev–Trinajstić information content (AvgIpc) is 3.04. The van der Waals surface area contributed by atoms with Crippen molar-refractivity contribution in [3.05, 3.63) is 131 Å². The standard InChI is InChI=1S/C35H40N2O4/c1-24(34(39)28-9-4-3-5-10-28)37(2)22-32-20-33(27-16-14-25(23-38)15-17-27)41-35(40-32)31-13-7-12-30(19-31)29-11-6-8-26(18-29)21-36/h3-19,24,32-35,38-39H,20-23,36H2,1-2H3. The quantitative estimate of drug-likeness (QED) is 0.227. The lowest BCUT2D eigenvalue weighted by atomic mass is 9.97. The van der Waals surface area contributed by atoms with Crippen molar-refractivity contribution >= 4 is 0 Å². The van der Waals surface area contributed by atoms with Crippen molar-refractivity contribution in [2.75, 3.05) is 13.6 Å². The molecule has 0 aliphatic carbocycles. The van der Waals surface area contributed by atoms with Gasteiger partial charge in [-0.2, -0.15) is 0 Å². The SMILES string of the molecule is CC(C(O)c1ccccc1)N(C)CC1CC(c2ccc(CO)cc2)OC(c2cccc(-c3cccc(CN)c3)c2)O1. The first-order valence-electron chi connectivity index (χ1n) is 14.3. The highest BCUT2D eigenvalue weighted by atomic mass is 16.7. The largest absolute Gasteiger partial charge is 0.392 e. The molecule has 0 spiro atoms. The summed E-state index contributed by atoms with van der Waals surface area (Å²) in [6, 6.07) is 34.1. The number of nitrogens with zero attached hydrogens (tertiary/aromatic N) is 1. The molecule has 214 valence electrons. The summed E-state index contributed by atoms with van der Waals surface area (Å²) in [5, 5.41) is 20.6. The third-order valence-electron chi connectivity index (χ3n) is 8.05. The van der Waals surface area contributed by atoms with Gasteiger partial charge in [0.1, 0.15) is 0 Å². The summed E-state index contributed by atoms with van der Waals surface area (Å²) in [5.41, 5.74) is 12.9. The Labute approximate surface area is 243 Å². The maximum absolute atomic E-state index is 11.0. The number of benzene rings is 4. The highest BCUT2D eigenvalue weighted by Gasteiger charge is 2.34. The van der Waals surface area contributed by atoms with E-state index >= 15 is 0 Å². The number of aliphatic hydroxyl groups is 2. The lowest BCUT2D eigenvalue weighted by Crippen LogP contribution is -2.43. The van der Waals surface area contributed by atoms with Crippen molar-refractivity contribution in [2.45, 2.75) is 57.1 Å². The van der Waals surface area contributed by atoms with Crippen LogP contribution in [-0.2, 0) is 22.6 Å². The third-order valence-corrected chi connectivity index (χ3v) is 8.05. The van der Waals surface area contributed by atoms with E-state index < -0.39 is 12.4 Å². The molecule has 4 aromatic rings. The van der Waals surface area contributed by atoms with Crippen LogP contribution < -0.4 is 5.73 Å². The Morgan fingerprint density at radius 2 is 1.54 bits per heavy atom. The lowest BCUT2D eigenvalue weighted by Gasteiger charge is -2.39. The van der Waals surface area contributed by atoms with E-state index in [0.717, 1.165) is 38.9 Å². The van der Waals surface area contributed by atoms with Crippen LogP contribution in [0, 0.1) is 0 Å². The molecule has 5 rings (SSSR count). The summed E-state index contributed by atoms with van der Waals surface area (Å²) in [5.74, 6) is 0. The van der Waals surface area contributed by atoms with E-state index in [4.69, 9.17) is 15.2 Å². The molecule has 6 heteroatoms. The molecular weight excluding hydrogens is 512 g/mol. The van der Waals surface area contributed by atoms with Gasteiger partial charge >= 0.3 is 0 Å². The minimum Gasteiger partial charge on any atom is -0.392 e. The van der Waals surface area contributed by atoms with Crippen molar-refractivity contribution in [1.29, 1.82) is 0 Å². The molecule has 0 radical (unpaired) electrons. The molecule has 0 aromatic heterocycles. The molecule has 1 fully saturated rings. The average molecular weight is 553 g/mol. The first kappa shape index (κ1) is 29.1. The molecule has 41 heavy (non-hydrogen) atoms. The van der Waals surface area contributed by atoms with Gasteiger partial charge in [0.25, 0.3) is 0 Å². The zero-order valence-electron chi connectivity index (χ0n) is 23.8. The smallest absolute Gasteiger partial charge is 0.184 e. The molecule has 6 nitrogen and oxygen atoms in total. The van der Waals surface area contributed by atoms with Crippen LogP contribution in [0.5, 0.6) is 0 Å². The van der Waals surface area contributed by atoms with Gasteiger partial charge in [-0.3, -0.25) is 4.90 Å². The minimum absolute atomic E-state index is 0.00470. The highest BCUT2D eigenvalue weighted by molar-refractivity contribution is 5.65. The number of rotatable bonds is 10. The Morgan fingerprint density at radius 3 is 2.24 bits per heavy atom. The molecule has 0 bridgehead atoms. The first-order chi connectivity index (χ1) is 19.9. The second-order valence-corrected chi connectivity index (χ2v) is 10.9. The second kappa shape index (κ2) is 13.5. The zero-order chi connectivity index (χ0) is 28.8. The second-order valence-electron chi connectivity index (χ2n) is 10.9. The van der Waals surface area contributed by atoms with E-state index in [0.29, 0.717) is 19.5 Å². The summed E-state index contributed by atoms with van der Waals surface area (Å²) in [4.78, 5) is 2.16. The maximum Gasteiger partial charge on any atom is 0.184 e. The van der Waals surface area contributed by atoms with Crippen molar-refractivity contribution in [3.8, 4) is 11.1 Å². The van der Waals surface area contributed by atoms with Gasteiger partial charge in [-0.1, -0.05) is 91.0 Å². The Bertz CT molecular complexity index is 1390. The third kappa shape index (κ3) is 7.11. The van der Waals surface area contributed by atoms with Crippen LogP contribution >= 0.6 is 0 Å². The van der Waals surface area contributed by atoms with Crippen LogP contribution in [0.4, 0.5) is 0 Å². The van der Waals surface area contributed by atoms with Gasteiger partial charge in [-0.15, -0.1) is 0 Å². The Hall–Kier alpha value is -3.36. The fourth-order valence-corrected chi connectivity index (χ4v) is 5.43. The topological polar surface area (TPSA) is 88.2 Å². The first-order valence-corrected chi connectivity index (χ1v) is 14.3. The molecule has 1 aliphatic heterocycles. The van der Waals surface area contributed by atoms with Gasteiger partial charge in [0.2, 0.25) is 0 Å². The molecule has 0 amide bonds. The molecule has 4 aromatic carbocycles. The van der Waals surface area contributed by atoms with Crippen LogP contribution in [-0.4, -0.2) is 40.9 Å². The van der Waals surface area contributed by atoms with Crippen molar-refractivity contribution < 1.29 is 19.7 Å². The van der Waals surface area contributed by atoms with Crippen LogP contribution in [0.2, 0.25) is 0 Å². The van der Waals surface area contributed by atoms with Gasteiger partial charge in [-0.25, -0.2) is 0 Å². The van der Waals surface area contributed by atoms with E-state index in [2.05, 4.69) is 29.2 Å². The molecular formula is C35H40N2O4. The number of hydrogen-bond donors (Lipinski definition) is 3. The fraction of sp³-hybridized carbons (Fsp3) is 0.314. The van der Waals surface area contributed by atoms with E-state index in [1.807, 2.05) is 92.8 Å². The van der Waals surface area contributed by atoms with Crippen LogP contribution in [0.15, 0.2) is 103 Å². The van der Waals surface area contributed by atoms with E-state index in [1.165, 1.54) is 0 Å². The maximum atomic E-state index is 11.0. The van der Waals surface area contributed by atoms with Gasteiger partial charge in [0, 0.05) is 31.1 Å². The number of aliphatic hydroxyl groups excluding tert-OH is 2. The molecule has 1 heterocycles. The number of hydrogen-bond acceptors (Lipinski definition) is 6. The van der Waals surface area contributed by atoms with Gasteiger partial charge in [0.15, 0.2) is 6.29 Å². The normalized spacial score (nSPS) is 20.6. The number of ether oxygens (including phenoxy) is 2. The van der Waals surface area contributed by atoms with Gasteiger partial charge in [-0.05, 0) is 59.5 Å². The Balaban J connectivity index is 1.39. The monoisotopic (exact) mass is 552 g/mol. The molecule has 5 atom stereocenters. The van der Waals surface area contributed by atoms with Crippen LogP contribution in [0.25, 0.3) is 11.1 Å². The Kier molecular flexibility index (Phi) is 9.62. The van der Waals surface area contributed by atoms with Crippen molar-refractivity contribution in [1.82, 2.24) is 4.90 Å². The van der Waals surface area contributed by atoms with E-state index in [1.54, 1.807) is 0 Å². The molecule has 0 saturated carbocycles. The van der Waals surface area contributed by atoms with Crippen LogP contribution in [0.3, 0.4) is 0 Å². The predicted octanol–water partition coefficient (Wildman–Crippen LogP) is 5.90. The number of nitrogens with two attached hydrogens (primary N) is 1. The molecule has 4 N–H and O–H groups in total. The Morgan fingerprint density at radius 1 is 0.829 bits per heavy atom. The fourth-order valence-electron chi connectivity index (χ4n) is 5.43. The summed E-state index contributed by atoms with van der Waals surface area (Å²) >= 11 is 0.